The SMILES string of the molecule is COC(=O)C=C1SC(=NC(=O)c2ccccc2)N(c2ccccc2)C1=O. The highest BCUT2D eigenvalue weighted by Crippen LogP contribution is 2.35. The Labute approximate surface area is 154 Å². The normalized spacial score (nSPS) is 17.0. The summed E-state index contributed by atoms with van der Waals surface area (Å²) in [4.78, 5) is 42.2. The number of hydrogen-bond donors (Lipinski definition) is 0. The van der Waals surface area contributed by atoms with Crippen LogP contribution in [-0.2, 0) is 14.3 Å². The van der Waals surface area contributed by atoms with E-state index in [4.69, 9.17) is 0 Å². The highest BCUT2D eigenvalue weighted by molar-refractivity contribution is 8.19. The Morgan fingerprint density at radius 3 is 2.27 bits per heavy atom. The fourth-order valence-electron chi connectivity index (χ4n) is 2.25. The molecule has 3 rings (SSSR count). The third-order valence-corrected chi connectivity index (χ3v) is 4.46. The minimum absolute atomic E-state index is 0.139. The number of esters is 1. The van der Waals surface area contributed by atoms with E-state index in [0.717, 1.165) is 17.8 Å². The van der Waals surface area contributed by atoms with E-state index in [0.29, 0.717) is 11.3 Å². The lowest BCUT2D eigenvalue weighted by molar-refractivity contribution is -0.135. The summed E-state index contributed by atoms with van der Waals surface area (Å²) in [6.45, 7) is 0. The summed E-state index contributed by atoms with van der Waals surface area (Å²) < 4.78 is 4.58. The van der Waals surface area contributed by atoms with Crippen LogP contribution in [0.5, 0.6) is 0 Å². The van der Waals surface area contributed by atoms with Crippen molar-refractivity contribution in [1.82, 2.24) is 0 Å². The molecule has 1 fully saturated rings. The van der Waals surface area contributed by atoms with Crippen molar-refractivity contribution >= 4 is 40.4 Å². The Bertz CT molecular complexity index is 908. The first kappa shape index (κ1) is 17.6. The first-order chi connectivity index (χ1) is 12.6. The number of anilines is 1. The van der Waals surface area contributed by atoms with Crippen molar-refractivity contribution in [3.8, 4) is 0 Å². The summed E-state index contributed by atoms with van der Waals surface area (Å²) in [6, 6.07) is 17.4. The van der Waals surface area contributed by atoms with Crippen LogP contribution in [-0.4, -0.2) is 30.1 Å². The second-order valence-corrected chi connectivity index (χ2v) is 6.18. The molecule has 1 heterocycles. The molecular weight excluding hydrogens is 352 g/mol. The van der Waals surface area contributed by atoms with Crippen molar-refractivity contribution in [2.24, 2.45) is 4.99 Å². The van der Waals surface area contributed by atoms with Crippen LogP contribution < -0.4 is 4.90 Å². The summed E-state index contributed by atoms with van der Waals surface area (Å²) in [6.07, 6.45) is 1.10. The van der Waals surface area contributed by atoms with E-state index in [1.165, 1.54) is 12.0 Å². The van der Waals surface area contributed by atoms with Gasteiger partial charge in [-0.25, -0.2) is 4.79 Å². The maximum absolute atomic E-state index is 12.7. The van der Waals surface area contributed by atoms with Gasteiger partial charge in [0.2, 0.25) is 0 Å². The van der Waals surface area contributed by atoms with Crippen LogP contribution in [0.4, 0.5) is 5.69 Å². The topological polar surface area (TPSA) is 76.0 Å². The van der Waals surface area contributed by atoms with Gasteiger partial charge in [0.1, 0.15) is 0 Å². The number of hydrogen-bond acceptors (Lipinski definition) is 5. The van der Waals surface area contributed by atoms with Crippen molar-refractivity contribution in [2.75, 3.05) is 12.0 Å². The molecule has 0 radical (unpaired) electrons. The summed E-state index contributed by atoms with van der Waals surface area (Å²) in [5.74, 6) is -1.56. The van der Waals surface area contributed by atoms with Gasteiger partial charge in [-0.15, -0.1) is 0 Å². The van der Waals surface area contributed by atoms with Crippen LogP contribution in [0.3, 0.4) is 0 Å². The first-order valence-electron chi connectivity index (χ1n) is 7.65. The lowest BCUT2D eigenvalue weighted by atomic mass is 10.2. The Morgan fingerprint density at radius 1 is 1.04 bits per heavy atom. The number of thioether (sulfide) groups is 1. The number of para-hydroxylation sites is 1. The van der Waals surface area contributed by atoms with Crippen LogP contribution in [0.1, 0.15) is 10.4 Å². The van der Waals surface area contributed by atoms with E-state index in [1.54, 1.807) is 54.6 Å². The van der Waals surface area contributed by atoms with Gasteiger partial charge in [0.15, 0.2) is 5.17 Å². The van der Waals surface area contributed by atoms with Gasteiger partial charge >= 0.3 is 5.97 Å². The zero-order valence-corrected chi connectivity index (χ0v) is 14.6. The first-order valence-corrected chi connectivity index (χ1v) is 8.47. The van der Waals surface area contributed by atoms with Gasteiger partial charge in [-0.3, -0.25) is 14.5 Å². The predicted molar refractivity (Wildman–Crippen MR) is 99.8 cm³/mol. The van der Waals surface area contributed by atoms with Crippen molar-refractivity contribution in [3.05, 3.63) is 77.2 Å². The van der Waals surface area contributed by atoms with Crippen LogP contribution >= 0.6 is 11.8 Å². The Morgan fingerprint density at radius 2 is 1.65 bits per heavy atom. The van der Waals surface area contributed by atoms with Crippen LogP contribution in [0, 0.1) is 0 Å². The fraction of sp³-hybridized carbons (Fsp3) is 0.0526. The molecule has 0 saturated carbocycles. The Kier molecular flexibility index (Phi) is 5.28. The largest absolute Gasteiger partial charge is 0.466 e. The molecule has 0 bridgehead atoms. The number of amides is 2. The van der Waals surface area contributed by atoms with Gasteiger partial charge in [-0.1, -0.05) is 36.4 Å². The summed E-state index contributed by atoms with van der Waals surface area (Å²) in [7, 11) is 1.23. The lowest BCUT2D eigenvalue weighted by Gasteiger charge is -2.15. The van der Waals surface area contributed by atoms with E-state index in [1.807, 2.05) is 6.07 Å². The molecule has 130 valence electrons. The average Bonchev–Trinajstić information content (AvgIpc) is 2.97. The predicted octanol–water partition coefficient (Wildman–Crippen LogP) is 3.02. The fourth-order valence-corrected chi connectivity index (χ4v) is 3.19. The second kappa shape index (κ2) is 7.79. The van der Waals surface area contributed by atoms with E-state index in [2.05, 4.69) is 9.73 Å². The molecule has 2 amide bonds. The molecule has 0 atom stereocenters. The maximum atomic E-state index is 12.7. The number of nitrogens with zero attached hydrogens (tertiary/aromatic N) is 2. The van der Waals surface area contributed by atoms with Gasteiger partial charge < -0.3 is 4.74 Å². The van der Waals surface area contributed by atoms with Gasteiger partial charge in [0.25, 0.3) is 11.8 Å². The summed E-state index contributed by atoms with van der Waals surface area (Å²) in [5, 5.41) is 0.185. The van der Waals surface area contributed by atoms with Gasteiger partial charge in [-0.05, 0) is 36.0 Å². The monoisotopic (exact) mass is 366 g/mol. The molecule has 0 aromatic heterocycles. The van der Waals surface area contributed by atoms with E-state index in [-0.39, 0.29) is 10.1 Å². The molecule has 0 unspecified atom stereocenters. The number of benzene rings is 2. The number of amidine groups is 1. The minimum atomic E-state index is -0.649. The van der Waals surface area contributed by atoms with Crippen LogP contribution in [0.25, 0.3) is 0 Å². The molecule has 0 aliphatic carbocycles. The molecule has 0 N–H and O–H groups in total. The van der Waals surface area contributed by atoms with Crippen LogP contribution in [0.2, 0.25) is 0 Å². The second-order valence-electron chi connectivity index (χ2n) is 5.18. The van der Waals surface area contributed by atoms with Crippen molar-refractivity contribution in [1.29, 1.82) is 0 Å². The number of ether oxygens (including phenoxy) is 1. The number of methoxy groups -OCH3 is 1. The smallest absolute Gasteiger partial charge is 0.331 e. The highest BCUT2D eigenvalue weighted by atomic mass is 32.2. The Balaban J connectivity index is 2.01. The van der Waals surface area contributed by atoms with E-state index < -0.39 is 17.8 Å². The molecule has 1 aliphatic rings. The molecule has 1 saturated heterocycles. The maximum Gasteiger partial charge on any atom is 0.331 e. The number of carbonyl (C=O) groups excluding carboxylic acids is 3. The minimum Gasteiger partial charge on any atom is -0.466 e. The summed E-state index contributed by atoms with van der Waals surface area (Å²) in [5.41, 5.74) is 0.962. The average molecular weight is 366 g/mol. The summed E-state index contributed by atoms with van der Waals surface area (Å²) >= 11 is 0.954. The molecule has 6 nitrogen and oxygen atoms in total. The molecule has 0 spiro atoms. The van der Waals surface area contributed by atoms with Crippen molar-refractivity contribution in [2.45, 2.75) is 0 Å². The Hall–Kier alpha value is -3.19. The molecule has 7 heteroatoms. The molecule has 1 aliphatic heterocycles. The van der Waals surface area contributed by atoms with Crippen molar-refractivity contribution < 1.29 is 19.1 Å². The number of aliphatic imine (C=N–C) groups is 1. The van der Waals surface area contributed by atoms with Gasteiger partial charge in [-0.2, -0.15) is 4.99 Å². The third-order valence-electron chi connectivity index (χ3n) is 3.49. The molecule has 2 aromatic rings. The van der Waals surface area contributed by atoms with Crippen LogP contribution in [0.15, 0.2) is 76.6 Å². The molecule has 26 heavy (non-hydrogen) atoms. The van der Waals surface area contributed by atoms with Crippen molar-refractivity contribution in [3.63, 3.8) is 0 Å². The highest BCUT2D eigenvalue weighted by Gasteiger charge is 2.35. The standard InChI is InChI=1S/C19H14N2O4S/c1-25-16(22)12-15-18(24)21(14-10-6-3-7-11-14)19(26-15)20-17(23)13-8-4-2-5-9-13/h2-12H,1H3. The molecular formula is C19H14N2O4S. The number of rotatable bonds is 3. The van der Waals surface area contributed by atoms with E-state index >= 15 is 0 Å². The quantitative estimate of drug-likeness (QED) is 0.616. The van der Waals surface area contributed by atoms with Gasteiger partial charge in [0, 0.05) is 11.6 Å². The molecule has 2 aromatic carbocycles. The lowest BCUT2D eigenvalue weighted by Crippen LogP contribution is -2.29. The zero-order valence-electron chi connectivity index (χ0n) is 13.8. The van der Waals surface area contributed by atoms with E-state index in [9.17, 15) is 14.4 Å². The third kappa shape index (κ3) is 3.73. The zero-order chi connectivity index (χ0) is 18.5. The van der Waals surface area contributed by atoms with Gasteiger partial charge in [0.05, 0.1) is 17.7 Å². The number of carbonyl (C=O) groups is 3.